The van der Waals surface area contributed by atoms with Crippen LogP contribution in [0.25, 0.3) is 0 Å². The van der Waals surface area contributed by atoms with Crippen LogP contribution in [-0.4, -0.2) is 13.2 Å². The topological polar surface area (TPSA) is 30.5 Å². The number of rotatable bonds is 8. The largest absolute Gasteiger partial charge is 0.490 e. The molecular formula is C18H23Cl2NO2. The molecule has 1 N–H and O–H groups in total. The van der Waals surface area contributed by atoms with Crippen molar-refractivity contribution in [3.05, 3.63) is 58.6 Å². The van der Waals surface area contributed by atoms with Crippen LogP contribution in [0.15, 0.2) is 42.5 Å². The Morgan fingerprint density at radius 3 is 2.39 bits per heavy atom. The fraction of sp³-hybridized carbons (Fsp3) is 0.333. The number of para-hydroxylation sites is 1. The van der Waals surface area contributed by atoms with Crippen LogP contribution >= 0.6 is 24.0 Å². The monoisotopic (exact) mass is 355 g/mol. The standard InChI is InChI=1S/C18H22ClNO2.ClH/c1-3-20-12-15-6-5-7-17(21-4-2)18(15)22-13-14-8-10-16(19)11-9-14;/h5-11,20H,3-4,12-13H2,1-2H3;1H. The molecule has 0 atom stereocenters. The van der Waals surface area contributed by atoms with Crippen molar-refractivity contribution in [2.45, 2.75) is 27.0 Å². The van der Waals surface area contributed by atoms with E-state index >= 15 is 0 Å². The second-order valence-corrected chi connectivity index (χ2v) is 5.31. The van der Waals surface area contributed by atoms with Gasteiger partial charge in [0, 0.05) is 17.1 Å². The van der Waals surface area contributed by atoms with Crippen molar-refractivity contribution in [1.82, 2.24) is 5.32 Å². The molecule has 0 amide bonds. The summed E-state index contributed by atoms with van der Waals surface area (Å²) in [5, 5.41) is 4.05. The summed E-state index contributed by atoms with van der Waals surface area (Å²) in [4.78, 5) is 0. The number of hydrogen-bond acceptors (Lipinski definition) is 3. The van der Waals surface area contributed by atoms with Gasteiger partial charge in [0.1, 0.15) is 6.61 Å². The molecule has 0 spiro atoms. The summed E-state index contributed by atoms with van der Waals surface area (Å²) >= 11 is 5.91. The molecule has 23 heavy (non-hydrogen) atoms. The summed E-state index contributed by atoms with van der Waals surface area (Å²) in [6, 6.07) is 13.7. The van der Waals surface area contributed by atoms with E-state index in [2.05, 4.69) is 18.3 Å². The molecule has 5 heteroatoms. The summed E-state index contributed by atoms with van der Waals surface area (Å²) in [7, 11) is 0. The van der Waals surface area contributed by atoms with E-state index in [-0.39, 0.29) is 12.4 Å². The average Bonchev–Trinajstić information content (AvgIpc) is 2.54. The lowest BCUT2D eigenvalue weighted by molar-refractivity contribution is 0.266. The fourth-order valence-corrected chi connectivity index (χ4v) is 2.26. The molecule has 0 aliphatic heterocycles. The van der Waals surface area contributed by atoms with E-state index in [0.717, 1.165) is 40.7 Å². The number of benzene rings is 2. The minimum absolute atomic E-state index is 0. The molecule has 0 radical (unpaired) electrons. The summed E-state index contributed by atoms with van der Waals surface area (Å²) in [6.45, 7) is 6.83. The molecule has 2 rings (SSSR count). The number of nitrogens with one attached hydrogen (secondary N) is 1. The van der Waals surface area contributed by atoms with Crippen LogP contribution in [-0.2, 0) is 13.2 Å². The minimum atomic E-state index is 0. The van der Waals surface area contributed by atoms with Gasteiger partial charge in [-0.3, -0.25) is 0 Å². The van der Waals surface area contributed by atoms with Crippen LogP contribution in [0.2, 0.25) is 5.02 Å². The Morgan fingerprint density at radius 1 is 1.00 bits per heavy atom. The summed E-state index contributed by atoms with van der Waals surface area (Å²) < 4.78 is 11.7. The zero-order chi connectivity index (χ0) is 15.8. The predicted octanol–water partition coefficient (Wildman–Crippen LogP) is 4.85. The summed E-state index contributed by atoms with van der Waals surface area (Å²) in [5.41, 5.74) is 2.17. The van der Waals surface area contributed by atoms with Crippen LogP contribution in [0.3, 0.4) is 0 Å². The van der Waals surface area contributed by atoms with E-state index in [1.165, 1.54) is 0 Å². The van der Waals surface area contributed by atoms with Crippen molar-refractivity contribution < 1.29 is 9.47 Å². The van der Waals surface area contributed by atoms with Crippen molar-refractivity contribution >= 4 is 24.0 Å². The Labute approximate surface area is 149 Å². The van der Waals surface area contributed by atoms with Gasteiger partial charge in [-0.15, -0.1) is 12.4 Å². The predicted molar refractivity (Wildman–Crippen MR) is 98.0 cm³/mol. The molecule has 2 aromatic carbocycles. The molecule has 3 nitrogen and oxygen atoms in total. The SMILES string of the molecule is CCNCc1cccc(OCC)c1OCc1ccc(Cl)cc1.Cl. The summed E-state index contributed by atoms with van der Waals surface area (Å²) in [5.74, 6) is 1.59. The van der Waals surface area contributed by atoms with Gasteiger partial charge in [-0.1, -0.05) is 42.8 Å². The van der Waals surface area contributed by atoms with Gasteiger partial charge < -0.3 is 14.8 Å². The van der Waals surface area contributed by atoms with Gasteiger partial charge in [0.05, 0.1) is 6.61 Å². The molecule has 0 unspecified atom stereocenters. The van der Waals surface area contributed by atoms with Gasteiger partial charge in [0.2, 0.25) is 0 Å². The highest BCUT2D eigenvalue weighted by Gasteiger charge is 2.11. The van der Waals surface area contributed by atoms with Gasteiger partial charge in [-0.05, 0) is 37.2 Å². The molecule has 2 aromatic rings. The molecular weight excluding hydrogens is 333 g/mol. The lowest BCUT2D eigenvalue weighted by Gasteiger charge is -2.16. The average molecular weight is 356 g/mol. The van der Waals surface area contributed by atoms with Crippen LogP contribution < -0.4 is 14.8 Å². The van der Waals surface area contributed by atoms with Crippen LogP contribution in [0.4, 0.5) is 0 Å². The smallest absolute Gasteiger partial charge is 0.166 e. The van der Waals surface area contributed by atoms with Crippen molar-refractivity contribution in [1.29, 1.82) is 0 Å². The van der Waals surface area contributed by atoms with Crippen LogP contribution in [0.5, 0.6) is 11.5 Å². The second-order valence-electron chi connectivity index (χ2n) is 4.87. The van der Waals surface area contributed by atoms with E-state index in [0.29, 0.717) is 13.2 Å². The molecule has 0 aromatic heterocycles. The molecule has 0 fully saturated rings. The third-order valence-corrected chi connectivity index (χ3v) is 3.47. The lowest BCUT2D eigenvalue weighted by Crippen LogP contribution is -2.13. The second kappa shape index (κ2) is 10.4. The van der Waals surface area contributed by atoms with Gasteiger partial charge in [0.25, 0.3) is 0 Å². The Morgan fingerprint density at radius 2 is 1.74 bits per heavy atom. The maximum Gasteiger partial charge on any atom is 0.166 e. The molecule has 0 aliphatic rings. The first-order valence-corrected chi connectivity index (χ1v) is 7.95. The molecule has 126 valence electrons. The Kier molecular flexibility index (Phi) is 8.85. The lowest BCUT2D eigenvalue weighted by atomic mass is 10.1. The van der Waals surface area contributed by atoms with E-state index < -0.39 is 0 Å². The molecule has 0 aliphatic carbocycles. The minimum Gasteiger partial charge on any atom is -0.490 e. The highest BCUT2D eigenvalue weighted by atomic mass is 35.5. The van der Waals surface area contributed by atoms with Crippen molar-refractivity contribution in [2.24, 2.45) is 0 Å². The third kappa shape index (κ3) is 5.94. The molecule has 0 heterocycles. The van der Waals surface area contributed by atoms with Crippen LogP contribution in [0, 0.1) is 0 Å². The Hall–Kier alpha value is -1.42. The maximum absolute atomic E-state index is 6.04. The first-order valence-electron chi connectivity index (χ1n) is 7.57. The van der Waals surface area contributed by atoms with Gasteiger partial charge in [0.15, 0.2) is 11.5 Å². The van der Waals surface area contributed by atoms with Gasteiger partial charge >= 0.3 is 0 Å². The van der Waals surface area contributed by atoms with E-state index in [9.17, 15) is 0 Å². The van der Waals surface area contributed by atoms with E-state index in [1.54, 1.807) is 0 Å². The quantitative estimate of drug-likeness (QED) is 0.734. The van der Waals surface area contributed by atoms with E-state index in [4.69, 9.17) is 21.1 Å². The summed E-state index contributed by atoms with van der Waals surface area (Å²) in [6.07, 6.45) is 0. The molecule has 0 bridgehead atoms. The molecule has 0 saturated carbocycles. The Bertz CT molecular complexity index is 588. The third-order valence-electron chi connectivity index (χ3n) is 3.22. The first-order chi connectivity index (χ1) is 10.7. The van der Waals surface area contributed by atoms with Gasteiger partial charge in [-0.2, -0.15) is 0 Å². The maximum atomic E-state index is 6.04. The highest BCUT2D eigenvalue weighted by molar-refractivity contribution is 6.30. The van der Waals surface area contributed by atoms with E-state index in [1.807, 2.05) is 43.3 Å². The fourth-order valence-electron chi connectivity index (χ4n) is 2.13. The van der Waals surface area contributed by atoms with Crippen molar-refractivity contribution in [3.63, 3.8) is 0 Å². The number of ether oxygens (including phenoxy) is 2. The van der Waals surface area contributed by atoms with Crippen LogP contribution in [0.1, 0.15) is 25.0 Å². The number of halogens is 2. The Balaban J connectivity index is 0.00000264. The normalized spacial score (nSPS) is 10.0. The van der Waals surface area contributed by atoms with Crippen molar-refractivity contribution in [3.8, 4) is 11.5 Å². The zero-order valence-corrected chi connectivity index (χ0v) is 15.0. The van der Waals surface area contributed by atoms with Gasteiger partial charge in [-0.25, -0.2) is 0 Å². The molecule has 0 saturated heterocycles. The highest BCUT2D eigenvalue weighted by Crippen LogP contribution is 2.32. The number of hydrogen-bond donors (Lipinski definition) is 1. The first kappa shape index (κ1) is 19.6. The van der Waals surface area contributed by atoms with Crippen molar-refractivity contribution in [2.75, 3.05) is 13.2 Å². The zero-order valence-electron chi connectivity index (χ0n) is 13.5.